The summed E-state index contributed by atoms with van der Waals surface area (Å²) in [6.07, 6.45) is 5.55. The van der Waals surface area contributed by atoms with E-state index in [2.05, 4.69) is 23.7 Å². The number of allylic oxidation sites excluding steroid dienone is 2. The second-order valence-corrected chi connectivity index (χ2v) is 6.39. The Labute approximate surface area is 158 Å². The van der Waals surface area contributed by atoms with Crippen molar-refractivity contribution in [3.63, 3.8) is 0 Å². The van der Waals surface area contributed by atoms with Gasteiger partial charge in [0.1, 0.15) is 5.75 Å². The van der Waals surface area contributed by atoms with E-state index in [1.165, 1.54) is 24.1 Å². The Balaban J connectivity index is 1.90. The predicted molar refractivity (Wildman–Crippen MR) is 105 cm³/mol. The number of hydrogen-bond donors (Lipinski definition) is 1. The van der Waals surface area contributed by atoms with Gasteiger partial charge < -0.3 is 5.11 Å². The number of non-ortho nitro benzene ring substituents is 1. The van der Waals surface area contributed by atoms with Crippen LogP contribution in [0, 0.1) is 33.8 Å². The van der Waals surface area contributed by atoms with E-state index in [1.54, 1.807) is 36.4 Å². The number of rotatable bonds is 1. The Bertz CT molecular complexity index is 970. The molecule has 1 aliphatic rings. The molecule has 0 saturated heterocycles. The second-order valence-electron chi connectivity index (χ2n) is 6.39. The third-order valence-electron chi connectivity index (χ3n) is 4.42. The summed E-state index contributed by atoms with van der Waals surface area (Å²) < 4.78 is 0. The van der Waals surface area contributed by atoms with Gasteiger partial charge in [-0.15, -0.1) is 0 Å². The minimum absolute atomic E-state index is 0.0542. The fraction of sp³-hybridized carbons (Fsp3) is 0.217. The van der Waals surface area contributed by atoms with Crippen LogP contribution in [0.4, 0.5) is 5.69 Å². The van der Waals surface area contributed by atoms with Gasteiger partial charge in [-0.05, 0) is 67.7 Å². The van der Waals surface area contributed by atoms with Crippen molar-refractivity contribution in [1.29, 1.82) is 0 Å². The van der Waals surface area contributed by atoms with Crippen LogP contribution in [0.15, 0.2) is 59.7 Å². The lowest BCUT2D eigenvalue weighted by molar-refractivity contribution is -0.384. The van der Waals surface area contributed by atoms with E-state index in [4.69, 9.17) is 0 Å². The molecule has 0 atom stereocenters. The highest BCUT2D eigenvalue weighted by Gasteiger charge is 2.09. The van der Waals surface area contributed by atoms with Crippen molar-refractivity contribution in [3.8, 4) is 29.4 Å². The summed E-state index contributed by atoms with van der Waals surface area (Å²) in [5, 5.41) is 20.1. The molecule has 0 radical (unpaired) electrons. The van der Waals surface area contributed by atoms with Crippen LogP contribution in [0.1, 0.15) is 43.2 Å². The molecule has 1 saturated carbocycles. The SMILES string of the molecule is O=[N+]([O-])c1ccc(C#CC(C#Cc2ccc(O)cc2)=C2CCCCC2)cc1. The van der Waals surface area contributed by atoms with Crippen molar-refractivity contribution in [1.82, 2.24) is 0 Å². The van der Waals surface area contributed by atoms with Crippen LogP contribution in [0.25, 0.3) is 0 Å². The molecule has 1 N–H and O–H groups in total. The fourth-order valence-electron chi connectivity index (χ4n) is 2.92. The highest BCUT2D eigenvalue weighted by molar-refractivity contribution is 5.55. The first kappa shape index (κ1) is 18.3. The Hall–Kier alpha value is -3.50. The van der Waals surface area contributed by atoms with Crippen molar-refractivity contribution in [2.45, 2.75) is 32.1 Å². The standard InChI is InChI=1S/C23H19NO3/c25-23-16-10-19(11-17-23)7-13-21(20-4-2-1-3-5-20)12-6-18-8-14-22(15-9-18)24(26)27/h8-11,14-17,25H,1-5H2. The maximum absolute atomic E-state index is 10.8. The molecule has 0 spiro atoms. The number of hydrogen-bond acceptors (Lipinski definition) is 3. The average Bonchev–Trinajstić information content (AvgIpc) is 2.70. The van der Waals surface area contributed by atoms with E-state index in [1.807, 2.05) is 0 Å². The summed E-state index contributed by atoms with van der Waals surface area (Å²) in [5.41, 5.74) is 3.71. The number of phenolic OH excluding ortho intramolecular Hbond substituents is 1. The van der Waals surface area contributed by atoms with E-state index in [0.717, 1.165) is 42.4 Å². The van der Waals surface area contributed by atoms with Gasteiger partial charge >= 0.3 is 0 Å². The number of benzene rings is 2. The van der Waals surface area contributed by atoms with Crippen molar-refractivity contribution in [2.75, 3.05) is 0 Å². The van der Waals surface area contributed by atoms with Gasteiger partial charge in [0.25, 0.3) is 5.69 Å². The molecular weight excluding hydrogens is 338 g/mol. The maximum Gasteiger partial charge on any atom is 0.269 e. The molecule has 0 unspecified atom stereocenters. The Morgan fingerprint density at radius 3 is 1.89 bits per heavy atom. The van der Waals surface area contributed by atoms with E-state index < -0.39 is 4.92 Å². The molecule has 134 valence electrons. The molecule has 4 nitrogen and oxygen atoms in total. The molecule has 1 fully saturated rings. The number of aromatic hydroxyl groups is 1. The lowest BCUT2D eigenvalue weighted by atomic mass is 9.91. The second kappa shape index (κ2) is 8.74. The molecule has 0 aliphatic heterocycles. The van der Waals surface area contributed by atoms with Crippen molar-refractivity contribution >= 4 is 5.69 Å². The van der Waals surface area contributed by atoms with Crippen LogP contribution in [-0.2, 0) is 0 Å². The molecular formula is C23H19NO3. The number of phenols is 1. The normalized spacial score (nSPS) is 13.0. The third kappa shape index (κ3) is 5.23. The lowest BCUT2D eigenvalue weighted by Crippen LogP contribution is -1.97. The van der Waals surface area contributed by atoms with Gasteiger partial charge in [-0.2, -0.15) is 0 Å². The zero-order chi connectivity index (χ0) is 19.1. The first-order valence-corrected chi connectivity index (χ1v) is 8.91. The van der Waals surface area contributed by atoms with Crippen LogP contribution >= 0.6 is 0 Å². The van der Waals surface area contributed by atoms with Crippen molar-refractivity contribution in [2.24, 2.45) is 0 Å². The number of nitro groups is 1. The molecule has 0 amide bonds. The minimum atomic E-state index is -0.421. The fourth-order valence-corrected chi connectivity index (χ4v) is 2.92. The Morgan fingerprint density at radius 2 is 1.37 bits per heavy atom. The topological polar surface area (TPSA) is 63.4 Å². The first-order chi connectivity index (χ1) is 13.1. The quantitative estimate of drug-likeness (QED) is 0.445. The van der Waals surface area contributed by atoms with E-state index in [-0.39, 0.29) is 11.4 Å². The van der Waals surface area contributed by atoms with Gasteiger partial charge in [0.05, 0.1) is 10.5 Å². The van der Waals surface area contributed by atoms with Crippen molar-refractivity contribution < 1.29 is 10.0 Å². The van der Waals surface area contributed by atoms with Gasteiger partial charge in [0, 0.05) is 23.3 Å². The zero-order valence-electron chi connectivity index (χ0n) is 14.9. The van der Waals surface area contributed by atoms with Gasteiger partial charge in [-0.25, -0.2) is 0 Å². The summed E-state index contributed by atoms with van der Waals surface area (Å²) in [5.74, 6) is 12.8. The molecule has 1 aliphatic carbocycles. The minimum Gasteiger partial charge on any atom is -0.508 e. The number of nitrogens with zero attached hydrogens (tertiary/aromatic N) is 1. The van der Waals surface area contributed by atoms with Crippen molar-refractivity contribution in [3.05, 3.63) is 80.9 Å². The molecule has 27 heavy (non-hydrogen) atoms. The molecule has 0 aromatic heterocycles. The molecule has 0 bridgehead atoms. The zero-order valence-corrected chi connectivity index (χ0v) is 14.9. The van der Waals surface area contributed by atoms with E-state index in [9.17, 15) is 15.2 Å². The van der Waals surface area contributed by atoms with Crippen LogP contribution in [0.2, 0.25) is 0 Å². The van der Waals surface area contributed by atoms with Gasteiger partial charge in [-0.3, -0.25) is 10.1 Å². The van der Waals surface area contributed by atoms with Gasteiger partial charge in [0.15, 0.2) is 0 Å². The lowest BCUT2D eigenvalue weighted by Gasteiger charge is -2.13. The van der Waals surface area contributed by atoms with E-state index >= 15 is 0 Å². The summed E-state index contributed by atoms with van der Waals surface area (Å²) in [6, 6.07) is 13.0. The monoisotopic (exact) mass is 357 g/mol. The van der Waals surface area contributed by atoms with E-state index in [0.29, 0.717) is 0 Å². The summed E-state index contributed by atoms with van der Waals surface area (Å²) in [6.45, 7) is 0. The molecule has 4 heteroatoms. The largest absolute Gasteiger partial charge is 0.508 e. The number of nitro benzene ring substituents is 1. The summed E-state index contributed by atoms with van der Waals surface area (Å²) in [4.78, 5) is 10.3. The molecule has 2 aromatic carbocycles. The van der Waals surface area contributed by atoms with Crippen LogP contribution in [0.3, 0.4) is 0 Å². The Morgan fingerprint density at radius 1 is 0.852 bits per heavy atom. The Kier molecular flexibility index (Phi) is 5.92. The average molecular weight is 357 g/mol. The van der Waals surface area contributed by atoms with Crippen LogP contribution in [-0.4, -0.2) is 10.0 Å². The third-order valence-corrected chi connectivity index (χ3v) is 4.42. The molecule has 2 aromatic rings. The highest BCUT2D eigenvalue weighted by Crippen LogP contribution is 2.25. The summed E-state index contributed by atoms with van der Waals surface area (Å²) in [7, 11) is 0. The first-order valence-electron chi connectivity index (χ1n) is 8.91. The van der Waals surface area contributed by atoms with Gasteiger partial charge in [-0.1, -0.05) is 30.1 Å². The van der Waals surface area contributed by atoms with Crippen LogP contribution < -0.4 is 0 Å². The molecule has 0 heterocycles. The predicted octanol–water partition coefficient (Wildman–Crippen LogP) is 4.96. The highest BCUT2D eigenvalue weighted by atomic mass is 16.6. The van der Waals surface area contributed by atoms with Gasteiger partial charge in [0.2, 0.25) is 0 Å². The molecule has 3 rings (SSSR count). The maximum atomic E-state index is 10.8. The smallest absolute Gasteiger partial charge is 0.269 e. The summed E-state index contributed by atoms with van der Waals surface area (Å²) >= 11 is 0. The van der Waals surface area contributed by atoms with Crippen LogP contribution in [0.5, 0.6) is 5.75 Å².